The zero-order valence-electron chi connectivity index (χ0n) is 21.0. The van der Waals surface area contributed by atoms with Gasteiger partial charge in [0.2, 0.25) is 5.75 Å². The van der Waals surface area contributed by atoms with Gasteiger partial charge in [-0.15, -0.1) is 0 Å². The van der Waals surface area contributed by atoms with Crippen LogP contribution in [-0.4, -0.2) is 42.3 Å². The van der Waals surface area contributed by atoms with Crippen LogP contribution >= 0.6 is 15.9 Å². The number of ether oxygens (including phenoxy) is 4. The molecule has 0 saturated carbocycles. The van der Waals surface area contributed by atoms with Crippen LogP contribution in [0.1, 0.15) is 29.8 Å². The third-order valence-corrected chi connectivity index (χ3v) is 5.59. The highest BCUT2D eigenvalue weighted by atomic mass is 79.9. The van der Waals surface area contributed by atoms with Crippen molar-refractivity contribution in [1.29, 1.82) is 0 Å². The zero-order valence-corrected chi connectivity index (χ0v) is 22.6. The fourth-order valence-corrected chi connectivity index (χ4v) is 3.83. The Kier molecular flexibility index (Phi) is 9.75. The number of methoxy groups -OCH3 is 1. The molecule has 14 heteroatoms. The summed E-state index contributed by atoms with van der Waals surface area (Å²) in [6, 6.07) is 10.9. The predicted molar refractivity (Wildman–Crippen MR) is 144 cm³/mol. The van der Waals surface area contributed by atoms with Crippen molar-refractivity contribution in [2.75, 3.05) is 20.3 Å². The smallest absolute Gasteiger partial charge is 0.318 e. The lowest BCUT2D eigenvalue weighted by Crippen LogP contribution is -2.17. The van der Waals surface area contributed by atoms with Crippen molar-refractivity contribution in [1.82, 2.24) is 5.43 Å². The molecule has 1 amide bonds. The molecule has 0 fully saturated rings. The number of hydrogen-bond donors (Lipinski definition) is 1. The molecular weight excluding hydrogens is 580 g/mol. The zero-order chi connectivity index (χ0) is 28.5. The van der Waals surface area contributed by atoms with E-state index in [0.717, 1.165) is 18.2 Å². The van der Waals surface area contributed by atoms with Crippen molar-refractivity contribution in [3.8, 4) is 28.7 Å². The number of non-ortho nitro benzene ring substituents is 1. The van der Waals surface area contributed by atoms with E-state index in [1.165, 1.54) is 19.4 Å². The van der Waals surface area contributed by atoms with Gasteiger partial charge in [0.25, 0.3) is 11.6 Å². The molecule has 3 aromatic carbocycles. The van der Waals surface area contributed by atoms with Crippen LogP contribution in [0.15, 0.2) is 58.1 Å². The highest BCUT2D eigenvalue weighted by Gasteiger charge is 2.23. The number of halogens is 1. The first-order valence-electron chi connectivity index (χ1n) is 11.4. The van der Waals surface area contributed by atoms with Gasteiger partial charge in [-0.1, -0.05) is 0 Å². The number of amides is 1. The molecule has 0 heterocycles. The molecule has 0 spiro atoms. The molecule has 3 aromatic rings. The summed E-state index contributed by atoms with van der Waals surface area (Å²) in [7, 11) is 1.36. The summed E-state index contributed by atoms with van der Waals surface area (Å²) in [5.41, 5.74) is 2.19. The van der Waals surface area contributed by atoms with Crippen molar-refractivity contribution in [3.05, 3.63) is 84.4 Å². The van der Waals surface area contributed by atoms with Crippen molar-refractivity contribution in [2.45, 2.75) is 13.8 Å². The van der Waals surface area contributed by atoms with Gasteiger partial charge >= 0.3 is 5.69 Å². The fourth-order valence-electron chi connectivity index (χ4n) is 3.29. The fraction of sp³-hybridized carbons (Fsp3) is 0.200. The summed E-state index contributed by atoms with van der Waals surface area (Å²) >= 11 is 3.34. The number of nitrogens with one attached hydrogen (secondary N) is 1. The van der Waals surface area contributed by atoms with E-state index in [1.54, 1.807) is 24.3 Å². The SMILES string of the molecule is CCOc1ccc(C(=O)N/N=C/c2cc(Br)c(Oc3ccc([N+](=O)[O-])cc3[N+](=O)[O-])c(OC)c2)cc1OCC. The van der Waals surface area contributed by atoms with Crippen LogP contribution in [0.4, 0.5) is 11.4 Å². The summed E-state index contributed by atoms with van der Waals surface area (Å²) in [4.78, 5) is 33.5. The lowest BCUT2D eigenvalue weighted by molar-refractivity contribution is -0.394. The molecular formula is C25H23BrN4O9. The number of carbonyl (C=O) groups is 1. The number of nitrogens with zero attached hydrogens (tertiary/aromatic N) is 3. The van der Waals surface area contributed by atoms with E-state index in [1.807, 2.05) is 13.8 Å². The Bertz CT molecular complexity index is 1430. The second kappa shape index (κ2) is 13.2. The van der Waals surface area contributed by atoms with Crippen LogP contribution in [0.5, 0.6) is 28.7 Å². The number of rotatable bonds is 12. The third-order valence-electron chi connectivity index (χ3n) is 5.00. The Balaban J connectivity index is 1.80. The minimum Gasteiger partial charge on any atom is -0.493 e. The summed E-state index contributed by atoms with van der Waals surface area (Å²) in [5.74, 6) is 0.532. The van der Waals surface area contributed by atoms with Crippen LogP contribution in [0.25, 0.3) is 0 Å². The van der Waals surface area contributed by atoms with Crippen molar-refractivity contribution in [2.24, 2.45) is 5.10 Å². The number of carbonyl (C=O) groups excluding carboxylic acids is 1. The Labute approximate surface area is 230 Å². The van der Waals surface area contributed by atoms with E-state index in [-0.39, 0.29) is 17.2 Å². The molecule has 3 rings (SSSR count). The van der Waals surface area contributed by atoms with Crippen LogP contribution in [0, 0.1) is 20.2 Å². The quantitative estimate of drug-likeness (QED) is 0.157. The Morgan fingerprint density at radius 2 is 1.64 bits per heavy atom. The minimum atomic E-state index is -0.784. The van der Waals surface area contributed by atoms with Crippen LogP contribution < -0.4 is 24.4 Å². The normalized spacial score (nSPS) is 10.7. The molecule has 1 N–H and O–H groups in total. The predicted octanol–water partition coefficient (Wildman–Crippen LogP) is 5.63. The first-order chi connectivity index (χ1) is 18.7. The van der Waals surface area contributed by atoms with Crippen LogP contribution in [0.2, 0.25) is 0 Å². The Morgan fingerprint density at radius 3 is 2.28 bits per heavy atom. The molecule has 13 nitrogen and oxygen atoms in total. The number of hydrogen-bond acceptors (Lipinski definition) is 10. The molecule has 0 aliphatic rings. The van der Waals surface area contributed by atoms with Gasteiger partial charge in [-0.3, -0.25) is 25.0 Å². The van der Waals surface area contributed by atoms with E-state index in [9.17, 15) is 25.0 Å². The van der Waals surface area contributed by atoms with Gasteiger partial charge in [-0.25, -0.2) is 5.43 Å². The van der Waals surface area contributed by atoms with Gasteiger partial charge in [-0.2, -0.15) is 5.10 Å². The van der Waals surface area contributed by atoms with Gasteiger partial charge < -0.3 is 18.9 Å². The van der Waals surface area contributed by atoms with E-state index >= 15 is 0 Å². The van der Waals surface area contributed by atoms with Gasteiger partial charge in [0.05, 0.1) is 46.9 Å². The Hall–Kier alpha value is -4.72. The molecule has 0 aromatic heterocycles. The van der Waals surface area contributed by atoms with Crippen molar-refractivity contribution in [3.63, 3.8) is 0 Å². The maximum atomic E-state index is 12.6. The van der Waals surface area contributed by atoms with E-state index in [0.29, 0.717) is 40.3 Å². The van der Waals surface area contributed by atoms with Gasteiger partial charge in [0.1, 0.15) is 0 Å². The number of nitro groups is 2. The third kappa shape index (κ3) is 7.19. The summed E-state index contributed by atoms with van der Waals surface area (Å²) in [5, 5.41) is 26.4. The van der Waals surface area contributed by atoms with Gasteiger partial charge in [0, 0.05) is 11.6 Å². The molecule has 0 unspecified atom stereocenters. The van der Waals surface area contributed by atoms with Crippen molar-refractivity contribution < 1.29 is 33.6 Å². The lowest BCUT2D eigenvalue weighted by Gasteiger charge is -2.13. The van der Waals surface area contributed by atoms with E-state index < -0.39 is 27.1 Å². The second-order valence-electron chi connectivity index (χ2n) is 7.53. The average Bonchev–Trinajstić information content (AvgIpc) is 2.91. The maximum absolute atomic E-state index is 12.6. The van der Waals surface area contributed by atoms with E-state index in [2.05, 4.69) is 26.5 Å². The van der Waals surface area contributed by atoms with Gasteiger partial charge in [-0.05, 0) is 71.7 Å². The van der Waals surface area contributed by atoms with Gasteiger partial charge in [0.15, 0.2) is 23.0 Å². The lowest BCUT2D eigenvalue weighted by atomic mass is 10.2. The average molecular weight is 603 g/mol. The first kappa shape index (κ1) is 28.8. The number of benzene rings is 3. The summed E-state index contributed by atoms with van der Waals surface area (Å²) in [6.45, 7) is 4.51. The summed E-state index contributed by atoms with van der Waals surface area (Å²) < 4.78 is 22.4. The van der Waals surface area contributed by atoms with E-state index in [4.69, 9.17) is 18.9 Å². The molecule has 0 aliphatic heterocycles. The minimum absolute atomic E-state index is 0.0912. The van der Waals surface area contributed by atoms with Crippen LogP contribution in [-0.2, 0) is 0 Å². The second-order valence-corrected chi connectivity index (χ2v) is 8.38. The monoisotopic (exact) mass is 602 g/mol. The molecule has 0 bridgehead atoms. The maximum Gasteiger partial charge on any atom is 0.318 e. The largest absolute Gasteiger partial charge is 0.493 e. The number of hydrazone groups is 1. The molecule has 204 valence electrons. The molecule has 0 saturated heterocycles. The van der Waals surface area contributed by atoms with Crippen molar-refractivity contribution >= 4 is 39.4 Å². The molecule has 0 radical (unpaired) electrons. The Morgan fingerprint density at radius 1 is 0.949 bits per heavy atom. The topological polar surface area (TPSA) is 165 Å². The molecule has 39 heavy (non-hydrogen) atoms. The number of nitro benzene ring substituents is 2. The summed E-state index contributed by atoms with van der Waals surface area (Å²) in [6.07, 6.45) is 1.36. The molecule has 0 atom stereocenters. The molecule has 0 aliphatic carbocycles. The standard InChI is InChI=1S/C25H23BrN4O9/c1-4-37-21-8-6-16(12-22(21)38-5-2)25(31)28-27-14-15-10-18(26)24(23(11-15)36-3)39-20-9-7-17(29(32)33)13-19(20)30(34)35/h6-14H,4-5H2,1-3H3,(H,28,31)/b27-14+. The highest BCUT2D eigenvalue weighted by Crippen LogP contribution is 2.42. The van der Waals surface area contributed by atoms with Crippen LogP contribution in [0.3, 0.4) is 0 Å². The highest BCUT2D eigenvalue weighted by molar-refractivity contribution is 9.10. The first-order valence-corrected chi connectivity index (χ1v) is 12.2.